The van der Waals surface area contributed by atoms with Crippen LogP contribution in [0, 0.1) is 5.92 Å². The van der Waals surface area contributed by atoms with Crippen LogP contribution in [0.1, 0.15) is 26.7 Å². The summed E-state index contributed by atoms with van der Waals surface area (Å²) in [6, 6.07) is 0. The predicted molar refractivity (Wildman–Crippen MR) is 46.5 cm³/mol. The third-order valence-corrected chi connectivity index (χ3v) is 4.85. The van der Waals surface area contributed by atoms with Gasteiger partial charge in [-0.25, -0.2) is 0 Å². The standard InChI is InChI=1S/C9H19INO/c1-9(2,12)8-5-4-6-11(7-8)10-3/h8,12H,4-7H2,1-3H3/q-1/t8-/m0/s1. The summed E-state index contributed by atoms with van der Waals surface area (Å²) in [5, 5.41) is 9.84. The fraction of sp³-hybridized carbons (Fsp3) is 1.00. The normalized spacial score (nSPS) is 27.8. The van der Waals surface area contributed by atoms with Crippen molar-refractivity contribution in [3.63, 3.8) is 0 Å². The molecule has 0 aromatic rings. The van der Waals surface area contributed by atoms with E-state index in [9.17, 15) is 5.11 Å². The first-order valence-electron chi connectivity index (χ1n) is 4.51. The molecule has 2 nitrogen and oxygen atoms in total. The van der Waals surface area contributed by atoms with E-state index in [1.165, 1.54) is 19.4 Å². The molecule has 1 fully saturated rings. The molecule has 0 saturated carbocycles. The van der Waals surface area contributed by atoms with Crippen LogP contribution in [0.25, 0.3) is 0 Å². The van der Waals surface area contributed by atoms with Crippen LogP contribution in [-0.4, -0.2) is 31.8 Å². The van der Waals surface area contributed by atoms with Crippen LogP contribution in [-0.2, 0) is 0 Å². The minimum atomic E-state index is -0.475. The zero-order valence-corrected chi connectivity index (χ0v) is 10.3. The maximum absolute atomic E-state index is 9.84. The van der Waals surface area contributed by atoms with Crippen molar-refractivity contribution in [2.24, 2.45) is 5.92 Å². The Kier molecular flexibility index (Phi) is 3.79. The summed E-state index contributed by atoms with van der Waals surface area (Å²) in [6.07, 6.45) is 2.46. The van der Waals surface area contributed by atoms with E-state index < -0.39 is 5.60 Å². The Bertz CT molecular complexity index is 144. The van der Waals surface area contributed by atoms with Gasteiger partial charge in [0, 0.05) is 0 Å². The van der Waals surface area contributed by atoms with Crippen molar-refractivity contribution in [2.75, 3.05) is 18.0 Å². The first kappa shape index (κ1) is 10.7. The van der Waals surface area contributed by atoms with Gasteiger partial charge in [0.1, 0.15) is 0 Å². The van der Waals surface area contributed by atoms with E-state index in [2.05, 4.69) is 8.04 Å². The molecule has 0 bridgehead atoms. The van der Waals surface area contributed by atoms with Crippen LogP contribution in [0.3, 0.4) is 0 Å². The molecular weight excluding hydrogens is 265 g/mol. The second-order valence-corrected chi connectivity index (χ2v) is 6.36. The number of halogens is 1. The fourth-order valence-electron chi connectivity index (χ4n) is 1.66. The van der Waals surface area contributed by atoms with Crippen LogP contribution in [0.2, 0.25) is 0 Å². The number of nitrogens with zero attached hydrogens (tertiary/aromatic N) is 1. The van der Waals surface area contributed by atoms with Crippen molar-refractivity contribution < 1.29 is 26.6 Å². The number of hydrogen-bond acceptors (Lipinski definition) is 2. The number of alkyl halides is 1. The van der Waals surface area contributed by atoms with Crippen LogP contribution in [0.5, 0.6) is 0 Å². The van der Waals surface area contributed by atoms with Gasteiger partial charge in [0.25, 0.3) is 0 Å². The van der Waals surface area contributed by atoms with Crippen molar-refractivity contribution in [2.45, 2.75) is 32.3 Å². The molecule has 0 amide bonds. The van der Waals surface area contributed by atoms with Crippen molar-refractivity contribution in [1.29, 1.82) is 0 Å². The monoisotopic (exact) mass is 284 g/mol. The van der Waals surface area contributed by atoms with Gasteiger partial charge in [0.05, 0.1) is 0 Å². The van der Waals surface area contributed by atoms with E-state index in [1.54, 1.807) is 0 Å². The van der Waals surface area contributed by atoms with Crippen LogP contribution < -0.4 is 21.5 Å². The average molecular weight is 284 g/mol. The van der Waals surface area contributed by atoms with Crippen LogP contribution in [0.4, 0.5) is 0 Å². The molecule has 1 N–H and O–H groups in total. The van der Waals surface area contributed by atoms with E-state index >= 15 is 0 Å². The molecule has 0 aliphatic carbocycles. The Hall–Kier alpha value is 0.650. The molecule has 12 heavy (non-hydrogen) atoms. The molecule has 1 rings (SSSR count). The summed E-state index contributed by atoms with van der Waals surface area (Å²) in [5.74, 6) is 0.492. The van der Waals surface area contributed by atoms with E-state index in [0.29, 0.717) is 5.92 Å². The molecule has 1 heterocycles. The van der Waals surface area contributed by atoms with Crippen molar-refractivity contribution in [3.8, 4) is 0 Å². The summed E-state index contributed by atoms with van der Waals surface area (Å²) in [5.41, 5.74) is -0.475. The molecule has 0 unspecified atom stereocenters. The molecule has 1 atom stereocenters. The predicted octanol–water partition coefficient (Wildman–Crippen LogP) is -1.90. The van der Waals surface area contributed by atoms with Crippen molar-refractivity contribution >= 4 is 0 Å². The second kappa shape index (κ2) is 4.24. The third-order valence-electron chi connectivity index (χ3n) is 2.61. The molecule has 1 saturated heterocycles. The van der Waals surface area contributed by atoms with Crippen LogP contribution >= 0.6 is 0 Å². The Labute approximate surface area is 85.9 Å². The first-order chi connectivity index (χ1) is 5.54. The molecular formula is C9H19INO-. The number of hydrogen-bond donors (Lipinski definition) is 1. The van der Waals surface area contributed by atoms with Gasteiger partial charge in [-0.2, -0.15) is 0 Å². The molecule has 0 radical (unpaired) electrons. The van der Waals surface area contributed by atoms with E-state index in [0.717, 1.165) is 6.54 Å². The zero-order valence-electron chi connectivity index (χ0n) is 8.18. The summed E-state index contributed by atoms with van der Waals surface area (Å²) in [7, 11) is 0. The first-order valence-corrected chi connectivity index (χ1v) is 7.63. The Morgan fingerprint density at radius 1 is 1.50 bits per heavy atom. The topological polar surface area (TPSA) is 23.5 Å². The Balaban J connectivity index is 2.46. The van der Waals surface area contributed by atoms with Gasteiger partial charge in [-0.3, -0.25) is 0 Å². The SMILES string of the molecule is C[I-]N1CCC[C@H](C(C)(C)O)C1. The summed E-state index contributed by atoms with van der Waals surface area (Å²) in [6.45, 7) is 6.26. The van der Waals surface area contributed by atoms with Gasteiger partial charge in [-0.15, -0.1) is 0 Å². The molecule has 0 aromatic heterocycles. The van der Waals surface area contributed by atoms with Gasteiger partial charge in [-0.05, 0) is 0 Å². The van der Waals surface area contributed by atoms with Crippen molar-refractivity contribution in [3.05, 3.63) is 0 Å². The maximum atomic E-state index is 9.84. The number of aliphatic hydroxyl groups is 1. The number of piperidine rings is 1. The van der Waals surface area contributed by atoms with E-state index in [4.69, 9.17) is 0 Å². The molecule has 0 aromatic carbocycles. The molecule has 74 valence electrons. The minimum absolute atomic E-state index is 0.233. The van der Waals surface area contributed by atoms with E-state index in [-0.39, 0.29) is 21.5 Å². The van der Waals surface area contributed by atoms with E-state index in [1.807, 2.05) is 13.8 Å². The quantitative estimate of drug-likeness (QED) is 0.364. The average Bonchev–Trinajstić information content (AvgIpc) is 2.03. The second-order valence-electron chi connectivity index (χ2n) is 4.03. The van der Waals surface area contributed by atoms with Gasteiger partial charge in [0.2, 0.25) is 0 Å². The molecule has 3 heteroatoms. The number of rotatable bonds is 2. The Morgan fingerprint density at radius 2 is 2.17 bits per heavy atom. The molecule has 1 aliphatic rings. The molecule has 0 spiro atoms. The van der Waals surface area contributed by atoms with Crippen molar-refractivity contribution in [1.82, 2.24) is 3.11 Å². The summed E-state index contributed by atoms with van der Waals surface area (Å²) < 4.78 is 2.53. The van der Waals surface area contributed by atoms with Gasteiger partial charge < -0.3 is 0 Å². The molecule has 1 aliphatic heterocycles. The summed E-state index contributed by atoms with van der Waals surface area (Å²) >= 11 is 0.233. The summed E-state index contributed by atoms with van der Waals surface area (Å²) in [4.78, 5) is 2.30. The third kappa shape index (κ3) is 2.85. The van der Waals surface area contributed by atoms with Gasteiger partial charge in [0.15, 0.2) is 0 Å². The van der Waals surface area contributed by atoms with Gasteiger partial charge >= 0.3 is 85.9 Å². The zero-order chi connectivity index (χ0) is 9.19. The fourth-order valence-corrected chi connectivity index (χ4v) is 3.35. The van der Waals surface area contributed by atoms with Crippen LogP contribution in [0.15, 0.2) is 0 Å². The Morgan fingerprint density at radius 3 is 2.67 bits per heavy atom. The van der Waals surface area contributed by atoms with Gasteiger partial charge in [-0.1, -0.05) is 0 Å².